The number of hydrogen-bond acceptors (Lipinski definition) is 3. The molecule has 0 fully saturated rings. The van der Waals surface area contributed by atoms with Crippen molar-refractivity contribution in [3.8, 4) is 11.5 Å². The third-order valence-corrected chi connectivity index (χ3v) is 3.87. The predicted molar refractivity (Wildman–Crippen MR) is 83.7 cm³/mol. The molecule has 0 saturated heterocycles. The Morgan fingerprint density at radius 1 is 1.25 bits per heavy atom. The molecule has 3 heteroatoms. The summed E-state index contributed by atoms with van der Waals surface area (Å²) in [5.74, 6) is 3.08. The molecule has 1 aliphatic rings. The van der Waals surface area contributed by atoms with Gasteiger partial charge in [-0.25, -0.2) is 0 Å². The summed E-state index contributed by atoms with van der Waals surface area (Å²) in [6, 6.07) is 5.85. The lowest BCUT2D eigenvalue weighted by Gasteiger charge is -2.26. The van der Waals surface area contributed by atoms with Crippen LogP contribution < -0.4 is 14.8 Å². The first-order chi connectivity index (χ1) is 9.62. The van der Waals surface area contributed by atoms with E-state index >= 15 is 0 Å². The van der Waals surface area contributed by atoms with Crippen LogP contribution in [0.5, 0.6) is 11.5 Å². The van der Waals surface area contributed by atoms with Gasteiger partial charge >= 0.3 is 0 Å². The quantitative estimate of drug-likeness (QED) is 0.820. The molecular formula is C17H25NO2. The van der Waals surface area contributed by atoms with Crippen molar-refractivity contribution in [2.75, 3.05) is 26.1 Å². The maximum Gasteiger partial charge on any atom is 0.142 e. The monoisotopic (exact) mass is 275 g/mol. The van der Waals surface area contributed by atoms with Gasteiger partial charge in [0.05, 0.1) is 19.9 Å². The Balaban J connectivity index is 2.01. The van der Waals surface area contributed by atoms with Crippen molar-refractivity contribution in [1.29, 1.82) is 0 Å². The predicted octanol–water partition coefficient (Wildman–Crippen LogP) is 4.11. The van der Waals surface area contributed by atoms with Crippen molar-refractivity contribution in [3.05, 3.63) is 29.8 Å². The van der Waals surface area contributed by atoms with Gasteiger partial charge in [0.1, 0.15) is 11.5 Å². The molecule has 110 valence electrons. The lowest BCUT2D eigenvalue weighted by Crippen LogP contribution is -2.20. The standard InChI is InChI=1S/C17H25NO2/c1-12-7-13(2)9-14(8-12)11-18-16-10-15(19-3)5-6-17(16)20-4/h5-7,10,12,14,18H,8-9,11H2,1-4H3. The zero-order chi connectivity index (χ0) is 14.5. The van der Waals surface area contributed by atoms with Crippen LogP contribution in [0.25, 0.3) is 0 Å². The second-order valence-corrected chi connectivity index (χ2v) is 5.74. The van der Waals surface area contributed by atoms with Gasteiger partial charge in [0, 0.05) is 12.6 Å². The maximum absolute atomic E-state index is 5.40. The van der Waals surface area contributed by atoms with Crippen molar-refractivity contribution in [1.82, 2.24) is 0 Å². The second-order valence-electron chi connectivity index (χ2n) is 5.74. The molecule has 2 atom stereocenters. The highest BCUT2D eigenvalue weighted by Crippen LogP contribution is 2.31. The summed E-state index contributed by atoms with van der Waals surface area (Å²) in [6.45, 7) is 5.50. The van der Waals surface area contributed by atoms with E-state index in [1.807, 2.05) is 18.2 Å². The molecule has 1 aromatic carbocycles. The first-order valence-corrected chi connectivity index (χ1v) is 7.25. The Bertz CT molecular complexity index is 482. The molecule has 3 nitrogen and oxygen atoms in total. The summed E-state index contributed by atoms with van der Waals surface area (Å²) in [5, 5.41) is 3.52. The van der Waals surface area contributed by atoms with Crippen LogP contribution in [-0.2, 0) is 0 Å². The Morgan fingerprint density at radius 3 is 2.70 bits per heavy atom. The van der Waals surface area contributed by atoms with Gasteiger partial charge in [-0.2, -0.15) is 0 Å². The van der Waals surface area contributed by atoms with E-state index in [2.05, 4.69) is 25.2 Å². The Kier molecular flexibility index (Phi) is 4.94. The van der Waals surface area contributed by atoms with Crippen LogP contribution in [0, 0.1) is 11.8 Å². The van der Waals surface area contributed by atoms with Gasteiger partial charge in [0.15, 0.2) is 0 Å². The number of methoxy groups -OCH3 is 2. The van der Waals surface area contributed by atoms with Crippen molar-refractivity contribution < 1.29 is 9.47 Å². The number of ether oxygens (including phenoxy) is 2. The third-order valence-electron chi connectivity index (χ3n) is 3.87. The average molecular weight is 275 g/mol. The number of benzene rings is 1. The molecule has 2 rings (SSSR count). The third kappa shape index (κ3) is 3.69. The SMILES string of the molecule is COc1ccc(OC)c(NCC2CC(C)=CC(C)C2)c1. The van der Waals surface area contributed by atoms with Crippen molar-refractivity contribution in [3.63, 3.8) is 0 Å². The van der Waals surface area contributed by atoms with E-state index in [0.717, 1.165) is 23.7 Å². The molecule has 1 aromatic rings. The van der Waals surface area contributed by atoms with Gasteiger partial charge in [0.2, 0.25) is 0 Å². The summed E-state index contributed by atoms with van der Waals surface area (Å²) in [6.07, 6.45) is 4.82. The van der Waals surface area contributed by atoms with Crippen molar-refractivity contribution >= 4 is 5.69 Å². The van der Waals surface area contributed by atoms with Gasteiger partial charge in [0.25, 0.3) is 0 Å². The summed E-state index contributed by atoms with van der Waals surface area (Å²) >= 11 is 0. The lowest BCUT2D eigenvalue weighted by molar-refractivity contribution is 0.401. The highest BCUT2D eigenvalue weighted by Gasteiger charge is 2.18. The maximum atomic E-state index is 5.40. The molecule has 20 heavy (non-hydrogen) atoms. The molecule has 0 amide bonds. The number of anilines is 1. The van der Waals surface area contributed by atoms with Crippen molar-refractivity contribution in [2.45, 2.75) is 26.7 Å². The van der Waals surface area contributed by atoms with Crippen LogP contribution >= 0.6 is 0 Å². The summed E-state index contributed by atoms with van der Waals surface area (Å²) in [5.41, 5.74) is 2.51. The van der Waals surface area contributed by atoms with Crippen LogP contribution in [0.15, 0.2) is 29.8 Å². The van der Waals surface area contributed by atoms with Gasteiger partial charge in [-0.3, -0.25) is 0 Å². The molecule has 0 radical (unpaired) electrons. The molecular weight excluding hydrogens is 250 g/mol. The highest BCUT2D eigenvalue weighted by atomic mass is 16.5. The zero-order valence-electron chi connectivity index (χ0n) is 12.9. The fourth-order valence-electron chi connectivity index (χ4n) is 3.05. The van der Waals surface area contributed by atoms with E-state index in [9.17, 15) is 0 Å². The Hall–Kier alpha value is -1.64. The van der Waals surface area contributed by atoms with Gasteiger partial charge in [-0.15, -0.1) is 0 Å². The molecule has 0 aromatic heterocycles. The van der Waals surface area contributed by atoms with Gasteiger partial charge in [-0.1, -0.05) is 18.6 Å². The lowest BCUT2D eigenvalue weighted by atomic mass is 9.84. The van der Waals surface area contributed by atoms with E-state index in [4.69, 9.17) is 9.47 Å². The average Bonchev–Trinajstić information content (AvgIpc) is 2.43. The van der Waals surface area contributed by atoms with E-state index in [0.29, 0.717) is 11.8 Å². The normalized spacial score (nSPS) is 22.1. The molecule has 0 bridgehead atoms. The van der Waals surface area contributed by atoms with Crippen LogP contribution in [0.3, 0.4) is 0 Å². The molecule has 0 spiro atoms. The largest absolute Gasteiger partial charge is 0.497 e. The fourth-order valence-corrected chi connectivity index (χ4v) is 3.05. The topological polar surface area (TPSA) is 30.5 Å². The minimum Gasteiger partial charge on any atom is -0.497 e. The number of rotatable bonds is 5. The Morgan fingerprint density at radius 2 is 2.05 bits per heavy atom. The molecule has 1 aliphatic carbocycles. The zero-order valence-corrected chi connectivity index (χ0v) is 12.9. The molecule has 0 heterocycles. The van der Waals surface area contributed by atoms with E-state index in [-0.39, 0.29) is 0 Å². The second kappa shape index (κ2) is 6.69. The minimum atomic E-state index is 0.683. The smallest absolute Gasteiger partial charge is 0.142 e. The van der Waals surface area contributed by atoms with Crippen LogP contribution in [0.4, 0.5) is 5.69 Å². The number of hydrogen-bond donors (Lipinski definition) is 1. The molecule has 0 aliphatic heterocycles. The van der Waals surface area contributed by atoms with E-state index in [1.54, 1.807) is 14.2 Å². The molecule has 1 N–H and O–H groups in total. The highest BCUT2D eigenvalue weighted by molar-refractivity contribution is 5.59. The summed E-state index contributed by atoms with van der Waals surface area (Å²) < 4.78 is 10.7. The summed E-state index contributed by atoms with van der Waals surface area (Å²) in [4.78, 5) is 0. The first kappa shape index (κ1) is 14.8. The summed E-state index contributed by atoms with van der Waals surface area (Å²) in [7, 11) is 3.38. The number of nitrogens with one attached hydrogen (secondary N) is 1. The van der Waals surface area contributed by atoms with Crippen molar-refractivity contribution in [2.24, 2.45) is 11.8 Å². The van der Waals surface area contributed by atoms with Gasteiger partial charge < -0.3 is 14.8 Å². The van der Waals surface area contributed by atoms with E-state index in [1.165, 1.54) is 18.4 Å². The van der Waals surface area contributed by atoms with Crippen LogP contribution in [0.2, 0.25) is 0 Å². The molecule has 0 saturated carbocycles. The van der Waals surface area contributed by atoms with E-state index < -0.39 is 0 Å². The molecule has 2 unspecified atom stereocenters. The Labute approximate surface area is 122 Å². The fraction of sp³-hybridized carbons (Fsp3) is 0.529. The van der Waals surface area contributed by atoms with Crippen LogP contribution in [0.1, 0.15) is 26.7 Å². The van der Waals surface area contributed by atoms with Crippen LogP contribution in [-0.4, -0.2) is 20.8 Å². The first-order valence-electron chi connectivity index (χ1n) is 7.25. The minimum absolute atomic E-state index is 0.683. The van der Waals surface area contributed by atoms with Gasteiger partial charge in [-0.05, 0) is 43.7 Å². The number of allylic oxidation sites excluding steroid dienone is 2.